The minimum absolute atomic E-state index is 0.330. The molecule has 0 aliphatic carbocycles. The molecular formula is C22H16ClN2O2S-. The molecule has 0 saturated carbocycles. The van der Waals surface area contributed by atoms with Crippen LogP contribution < -0.4 is 5.11 Å². The van der Waals surface area contributed by atoms with E-state index in [0.29, 0.717) is 26.9 Å². The van der Waals surface area contributed by atoms with Crippen molar-refractivity contribution < 1.29 is 9.90 Å². The summed E-state index contributed by atoms with van der Waals surface area (Å²) in [6.07, 6.45) is 0. The quantitative estimate of drug-likeness (QED) is 0.583. The van der Waals surface area contributed by atoms with Gasteiger partial charge in [-0.25, -0.2) is 4.98 Å². The van der Waals surface area contributed by atoms with Gasteiger partial charge in [-0.05, 0) is 37.6 Å². The largest absolute Gasteiger partial charge is 0.549 e. The van der Waals surface area contributed by atoms with Crippen molar-refractivity contribution in [2.24, 2.45) is 0 Å². The fourth-order valence-corrected chi connectivity index (χ4v) is 3.64. The molecule has 0 aliphatic rings. The number of carbonyl (C=O) groups is 1. The van der Waals surface area contributed by atoms with E-state index in [2.05, 4.69) is 11.1 Å². The number of aliphatic carboxylic acids is 1. The van der Waals surface area contributed by atoms with Gasteiger partial charge >= 0.3 is 0 Å². The molecule has 140 valence electrons. The number of carboxylic acid groups (broad SMARTS) is 1. The normalized spacial score (nSPS) is 11.6. The number of aromatic nitrogens is 1. The molecule has 0 fully saturated rings. The van der Waals surface area contributed by atoms with Gasteiger partial charge in [-0.2, -0.15) is 5.26 Å². The molecule has 0 saturated heterocycles. The average molecular weight is 408 g/mol. The molecule has 4 nitrogen and oxygen atoms in total. The molecular weight excluding hydrogens is 392 g/mol. The zero-order valence-electron chi connectivity index (χ0n) is 15.3. The molecule has 0 unspecified atom stereocenters. The summed E-state index contributed by atoms with van der Waals surface area (Å²) in [4.78, 5) is 15.8. The van der Waals surface area contributed by atoms with E-state index in [4.69, 9.17) is 11.6 Å². The van der Waals surface area contributed by atoms with Crippen LogP contribution in [0.5, 0.6) is 0 Å². The molecule has 6 heteroatoms. The van der Waals surface area contributed by atoms with Crippen molar-refractivity contribution in [2.45, 2.75) is 24.1 Å². The molecule has 0 N–H and O–H groups in total. The first-order chi connectivity index (χ1) is 13.4. The molecule has 1 heterocycles. The third-order valence-corrected chi connectivity index (χ3v) is 5.54. The summed E-state index contributed by atoms with van der Waals surface area (Å²) in [6.45, 7) is 3.52. The topological polar surface area (TPSA) is 76.8 Å². The monoisotopic (exact) mass is 407 g/mol. The Balaban J connectivity index is 2.22. The van der Waals surface area contributed by atoms with Gasteiger partial charge in [0.25, 0.3) is 0 Å². The first-order valence-corrected chi connectivity index (χ1v) is 9.80. The van der Waals surface area contributed by atoms with Gasteiger partial charge in [0.05, 0.1) is 17.2 Å². The number of carboxylic acids is 1. The van der Waals surface area contributed by atoms with Gasteiger partial charge in [0.2, 0.25) is 0 Å². The van der Waals surface area contributed by atoms with Crippen LogP contribution in [0.15, 0.2) is 59.6 Å². The van der Waals surface area contributed by atoms with E-state index in [1.54, 1.807) is 12.1 Å². The van der Waals surface area contributed by atoms with E-state index in [-0.39, 0.29) is 0 Å². The highest BCUT2D eigenvalue weighted by Gasteiger charge is 2.18. The first-order valence-electron chi connectivity index (χ1n) is 8.54. The zero-order valence-corrected chi connectivity index (χ0v) is 16.8. The van der Waals surface area contributed by atoms with Crippen LogP contribution in [0.25, 0.3) is 22.4 Å². The Hall–Kier alpha value is -2.81. The average Bonchev–Trinajstić information content (AvgIpc) is 2.68. The van der Waals surface area contributed by atoms with Crippen LogP contribution in [0.1, 0.15) is 18.1 Å². The molecule has 3 rings (SSSR count). The van der Waals surface area contributed by atoms with Crippen LogP contribution in [0.2, 0.25) is 5.02 Å². The fourth-order valence-electron chi connectivity index (χ4n) is 2.66. The van der Waals surface area contributed by atoms with E-state index < -0.39 is 11.2 Å². The number of carbonyl (C=O) groups excluding carboxylic acids is 1. The van der Waals surface area contributed by atoms with E-state index >= 15 is 0 Å². The van der Waals surface area contributed by atoms with Crippen LogP contribution in [0.4, 0.5) is 0 Å². The summed E-state index contributed by atoms with van der Waals surface area (Å²) in [5, 5.41) is 21.1. The third-order valence-electron chi connectivity index (χ3n) is 4.22. The second-order valence-electron chi connectivity index (χ2n) is 6.30. The highest BCUT2D eigenvalue weighted by atomic mass is 35.5. The molecule has 1 atom stereocenters. The Morgan fingerprint density at radius 2 is 1.75 bits per heavy atom. The summed E-state index contributed by atoms with van der Waals surface area (Å²) in [5.74, 6) is -1.20. The van der Waals surface area contributed by atoms with Crippen molar-refractivity contribution >= 4 is 29.3 Å². The van der Waals surface area contributed by atoms with Crippen LogP contribution in [0, 0.1) is 18.3 Å². The highest BCUT2D eigenvalue weighted by molar-refractivity contribution is 8.00. The lowest BCUT2D eigenvalue weighted by atomic mass is 9.99. The number of hydrogen-bond donors (Lipinski definition) is 0. The number of hydrogen-bond acceptors (Lipinski definition) is 5. The molecule has 0 spiro atoms. The minimum atomic E-state index is -1.20. The first kappa shape index (κ1) is 19.9. The maximum atomic E-state index is 11.2. The molecule has 3 aromatic rings. The molecule has 0 amide bonds. The Kier molecular flexibility index (Phi) is 6.03. The number of aryl methyl sites for hydroxylation is 1. The summed E-state index contributed by atoms with van der Waals surface area (Å²) in [7, 11) is 0. The molecule has 0 radical (unpaired) electrons. The predicted molar refractivity (Wildman–Crippen MR) is 110 cm³/mol. The number of thioether (sulfide) groups is 1. The van der Waals surface area contributed by atoms with Crippen molar-refractivity contribution in [3.63, 3.8) is 0 Å². The number of rotatable bonds is 5. The van der Waals surface area contributed by atoms with Gasteiger partial charge in [0.1, 0.15) is 11.1 Å². The molecule has 1 aromatic heterocycles. The maximum absolute atomic E-state index is 11.2. The lowest BCUT2D eigenvalue weighted by Gasteiger charge is -2.16. The van der Waals surface area contributed by atoms with E-state index in [0.717, 1.165) is 28.5 Å². The second-order valence-corrected chi connectivity index (χ2v) is 8.06. The standard InChI is InChI=1S/C22H17ClN2O2S/c1-13-3-5-16(6-4-13)20-11-18(15-7-9-17(23)10-8-15)19(12-24)21(25-20)28-14(2)22(26)27/h3-11,14H,1-2H3,(H,26,27)/p-1/t14-/m1/s1. The molecule has 0 bridgehead atoms. The van der Waals surface area contributed by atoms with Crippen molar-refractivity contribution in [3.05, 3.63) is 70.7 Å². The van der Waals surface area contributed by atoms with Crippen LogP contribution in [-0.4, -0.2) is 16.2 Å². The zero-order chi connectivity index (χ0) is 20.3. The fraction of sp³-hybridized carbons (Fsp3) is 0.136. The minimum Gasteiger partial charge on any atom is -0.549 e. The van der Waals surface area contributed by atoms with Crippen molar-refractivity contribution in [1.29, 1.82) is 5.26 Å². The summed E-state index contributed by atoms with van der Waals surface area (Å²) >= 11 is 7.00. The number of halogens is 1. The predicted octanol–water partition coefficient (Wildman–Crippen LogP) is 4.48. The molecule has 0 aliphatic heterocycles. The van der Waals surface area contributed by atoms with Gasteiger partial charge in [0, 0.05) is 21.4 Å². The Morgan fingerprint density at radius 3 is 2.32 bits per heavy atom. The van der Waals surface area contributed by atoms with Crippen LogP contribution in [-0.2, 0) is 4.79 Å². The Bertz CT molecular complexity index is 1060. The SMILES string of the molecule is Cc1ccc(-c2cc(-c3ccc(Cl)cc3)c(C#N)c(S[C@H](C)C(=O)[O-])n2)cc1. The van der Waals surface area contributed by atoms with Crippen LogP contribution >= 0.6 is 23.4 Å². The Labute approximate surface area is 172 Å². The summed E-state index contributed by atoms with van der Waals surface area (Å²) < 4.78 is 0. The number of nitriles is 1. The molecule has 28 heavy (non-hydrogen) atoms. The van der Waals surface area contributed by atoms with E-state index in [1.165, 1.54) is 6.92 Å². The third kappa shape index (κ3) is 4.36. The van der Waals surface area contributed by atoms with Gasteiger partial charge in [-0.15, -0.1) is 0 Å². The summed E-state index contributed by atoms with van der Waals surface area (Å²) in [6, 6.07) is 19.0. The van der Waals surface area contributed by atoms with Gasteiger partial charge in [0.15, 0.2) is 0 Å². The number of nitrogens with zero attached hydrogens (tertiary/aromatic N) is 2. The Morgan fingerprint density at radius 1 is 1.14 bits per heavy atom. The van der Waals surface area contributed by atoms with E-state index in [9.17, 15) is 15.2 Å². The maximum Gasteiger partial charge on any atom is 0.116 e. The lowest BCUT2D eigenvalue weighted by Crippen LogP contribution is -2.31. The van der Waals surface area contributed by atoms with Gasteiger partial charge in [-0.3, -0.25) is 0 Å². The molecule has 2 aromatic carbocycles. The van der Waals surface area contributed by atoms with E-state index in [1.807, 2.05) is 49.4 Å². The van der Waals surface area contributed by atoms with Crippen molar-refractivity contribution in [2.75, 3.05) is 0 Å². The number of benzene rings is 2. The smallest absolute Gasteiger partial charge is 0.116 e. The second kappa shape index (κ2) is 8.47. The number of pyridine rings is 1. The lowest BCUT2D eigenvalue weighted by molar-refractivity contribution is -0.304. The summed E-state index contributed by atoms with van der Waals surface area (Å²) in [5.41, 5.74) is 4.48. The van der Waals surface area contributed by atoms with Crippen molar-refractivity contribution in [1.82, 2.24) is 4.98 Å². The van der Waals surface area contributed by atoms with Gasteiger partial charge < -0.3 is 9.90 Å². The van der Waals surface area contributed by atoms with Crippen molar-refractivity contribution in [3.8, 4) is 28.5 Å². The van der Waals surface area contributed by atoms with Gasteiger partial charge in [-0.1, -0.05) is 65.3 Å². The highest BCUT2D eigenvalue weighted by Crippen LogP contribution is 2.36. The van der Waals surface area contributed by atoms with Crippen LogP contribution in [0.3, 0.4) is 0 Å².